The quantitative estimate of drug-likeness (QED) is 0.772. The van der Waals surface area contributed by atoms with E-state index in [1.807, 2.05) is 6.07 Å². The highest BCUT2D eigenvalue weighted by Gasteiger charge is 2.17. The van der Waals surface area contributed by atoms with Gasteiger partial charge in [-0.3, -0.25) is 0 Å². The lowest BCUT2D eigenvalue weighted by atomic mass is 10.1. The summed E-state index contributed by atoms with van der Waals surface area (Å²) in [5.41, 5.74) is 7.03. The van der Waals surface area contributed by atoms with Gasteiger partial charge in [-0.2, -0.15) is 0 Å². The van der Waals surface area contributed by atoms with Crippen LogP contribution in [0.2, 0.25) is 0 Å². The smallest absolute Gasteiger partial charge is 0.326 e. The van der Waals surface area contributed by atoms with Gasteiger partial charge in [-0.25, -0.2) is 4.79 Å². The van der Waals surface area contributed by atoms with Gasteiger partial charge in [0.15, 0.2) is 0 Å². The number of benzene rings is 1. The highest BCUT2D eigenvalue weighted by atomic mass is 32.1. The van der Waals surface area contributed by atoms with E-state index in [2.05, 4.69) is 0 Å². The Morgan fingerprint density at radius 2 is 2.19 bits per heavy atom. The maximum Gasteiger partial charge on any atom is 0.326 e. The van der Waals surface area contributed by atoms with Gasteiger partial charge in [-0.05, 0) is 19.1 Å². The molecule has 3 N–H and O–H groups in total. The van der Waals surface area contributed by atoms with Crippen molar-refractivity contribution in [2.24, 2.45) is 5.73 Å². The number of anilines is 1. The molecule has 16 heavy (non-hydrogen) atoms. The molecular weight excluding hydrogens is 224 g/mol. The lowest BCUT2D eigenvalue weighted by Gasteiger charge is -2.24. The summed E-state index contributed by atoms with van der Waals surface area (Å²) >= 11 is 4.87. The number of hydrogen-bond donors (Lipinski definition) is 2. The van der Waals surface area contributed by atoms with Crippen LogP contribution >= 0.6 is 12.2 Å². The Kier molecular flexibility index (Phi) is 3.84. The minimum absolute atomic E-state index is 0.304. The predicted octanol–water partition coefficient (Wildman–Crippen LogP) is 1.23. The first-order valence-corrected chi connectivity index (χ1v) is 5.20. The molecule has 0 aliphatic rings. The van der Waals surface area contributed by atoms with Crippen molar-refractivity contribution in [1.29, 1.82) is 0 Å². The summed E-state index contributed by atoms with van der Waals surface area (Å²) in [7, 11) is 1.72. The summed E-state index contributed by atoms with van der Waals surface area (Å²) in [6.45, 7) is 1.62. The van der Waals surface area contributed by atoms with E-state index >= 15 is 0 Å². The third kappa shape index (κ3) is 2.70. The van der Waals surface area contributed by atoms with E-state index in [9.17, 15) is 4.79 Å². The van der Waals surface area contributed by atoms with Gasteiger partial charge >= 0.3 is 5.97 Å². The Labute approximate surface area is 99.7 Å². The van der Waals surface area contributed by atoms with Crippen molar-refractivity contribution in [1.82, 2.24) is 0 Å². The van der Waals surface area contributed by atoms with Crippen molar-refractivity contribution in [3.8, 4) is 0 Å². The minimum atomic E-state index is -0.872. The van der Waals surface area contributed by atoms with Gasteiger partial charge in [0.2, 0.25) is 0 Å². The van der Waals surface area contributed by atoms with Crippen molar-refractivity contribution in [2.45, 2.75) is 13.0 Å². The van der Waals surface area contributed by atoms with Gasteiger partial charge < -0.3 is 15.7 Å². The zero-order valence-electron chi connectivity index (χ0n) is 9.18. The average Bonchev–Trinajstić information content (AvgIpc) is 2.27. The van der Waals surface area contributed by atoms with E-state index in [0.717, 1.165) is 11.3 Å². The van der Waals surface area contributed by atoms with Crippen molar-refractivity contribution < 1.29 is 9.90 Å². The number of thiocarbonyl (C=S) groups is 1. The average molecular weight is 238 g/mol. The van der Waals surface area contributed by atoms with Gasteiger partial charge in [-0.1, -0.05) is 24.4 Å². The molecule has 0 aliphatic carbocycles. The monoisotopic (exact) mass is 238 g/mol. The SMILES string of the molecule is CC(C(=O)O)N(C)c1cccc(C(N)=S)c1. The Hall–Kier alpha value is -1.62. The molecule has 1 unspecified atom stereocenters. The molecule has 0 amide bonds. The lowest BCUT2D eigenvalue weighted by Crippen LogP contribution is -2.35. The van der Waals surface area contributed by atoms with E-state index in [4.69, 9.17) is 23.1 Å². The summed E-state index contributed by atoms with van der Waals surface area (Å²) in [5.74, 6) is -0.872. The van der Waals surface area contributed by atoms with Gasteiger partial charge in [0.25, 0.3) is 0 Å². The number of rotatable bonds is 4. The first-order chi connectivity index (χ1) is 7.43. The van der Waals surface area contributed by atoms with Crippen molar-refractivity contribution in [3.05, 3.63) is 29.8 Å². The van der Waals surface area contributed by atoms with Crippen LogP contribution in [0.15, 0.2) is 24.3 Å². The summed E-state index contributed by atoms with van der Waals surface area (Å²) < 4.78 is 0. The molecule has 0 bridgehead atoms. The Balaban J connectivity index is 3.00. The largest absolute Gasteiger partial charge is 0.480 e. The Bertz CT molecular complexity index is 420. The maximum atomic E-state index is 10.8. The van der Waals surface area contributed by atoms with E-state index in [0.29, 0.717) is 4.99 Å². The molecule has 0 spiro atoms. The second-order valence-electron chi connectivity index (χ2n) is 3.54. The highest BCUT2D eigenvalue weighted by molar-refractivity contribution is 7.80. The van der Waals surface area contributed by atoms with Gasteiger partial charge in [-0.15, -0.1) is 0 Å². The molecule has 1 aromatic carbocycles. The number of carboxylic acid groups (broad SMARTS) is 1. The maximum absolute atomic E-state index is 10.8. The van der Waals surface area contributed by atoms with E-state index in [1.165, 1.54) is 0 Å². The van der Waals surface area contributed by atoms with Crippen LogP contribution in [0.5, 0.6) is 0 Å². The molecule has 0 fully saturated rings. The molecule has 5 heteroatoms. The molecular formula is C11H14N2O2S. The molecule has 0 radical (unpaired) electrons. The number of carboxylic acids is 1. The number of likely N-dealkylation sites (N-methyl/N-ethyl adjacent to an activating group) is 1. The third-order valence-corrected chi connectivity index (χ3v) is 2.71. The van der Waals surface area contributed by atoms with Crippen LogP contribution in [0.3, 0.4) is 0 Å². The van der Waals surface area contributed by atoms with Crippen molar-refractivity contribution in [2.75, 3.05) is 11.9 Å². The molecule has 1 atom stereocenters. The summed E-state index contributed by atoms with van der Waals surface area (Å²) in [5, 5.41) is 8.90. The second-order valence-corrected chi connectivity index (χ2v) is 3.98. The Morgan fingerprint density at radius 1 is 1.56 bits per heavy atom. The van der Waals surface area contributed by atoms with Crippen LogP contribution in [0, 0.1) is 0 Å². The summed E-state index contributed by atoms with van der Waals surface area (Å²) in [6, 6.07) is 6.60. The first-order valence-electron chi connectivity index (χ1n) is 4.79. The fourth-order valence-corrected chi connectivity index (χ4v) is 1.39. The number of hydrogen-bond acceptors (Lipinski definition) is 3. The minimum Gasteiger partial charge on any atom is -0.480 e. The molecule has 86 valence electrons. The molecule has 0 aromatic heterocycles. The van der Waals surface area contributed by atoms with E-state index in [-0.39, 0.29) is 0 Å². The van der Waals surface area contributed by atoms with Crippen LogP contribution in [0.25, 0.3) is 0 Å². The second kappa shape index (κ2) is 4.94. The van der Waals surface area contributed by atoms with Gasteiger partial charge in [0.1, 0.15) is 11.0 Å². The lowest BCUT2D eigenvalue weighted by molar-refractivity contribution is -0.138. The number of nitrogens with two attached hydrogens (primary N) is 1. The van der Waals surface area contributed by atoms with Crippen molar-refractivity contribution in [3.63, 3.8) is 0 Å². The van der Waals surface area contributed by atoms with Crippen LogP contribution in [0.1, 0.15) is 12.5 Å². The molecule has 4 nitrogen and oxygen atoms in total. The molecule has 0 saturated carbocycles. The molecule has 0 saturated heterocycles. The topological polar surface area (TPSA) is 66.6 Å². The van der Waals surface area contributed by atoms with Crippen molar-refractivity contribution >= 4 is 28.9 Å². The summed E-state index contributed by atoms with van der Waals surface area (Å²) in [6.07, 6.45) is 0. The fraction of sp³-hybridized carbons (Fsp3) is 0.273. The molecule has 1 rings (SSSR count). The number of aliphatic carboxylic acids is 1. The predicted molar refractivity (Wildman–Crippen MR) is 67.8 cm³/mol. The van der Waals surface area contributed by atoms with Gasteiger partial charge in [0.05, 0.1) is 0 Å². The standard InChI is InChI=1S/C11H14N2O2S/c1-7(11(14)15)13(2)9-5-3-4-8(6-9)10(12)16/h3-7H,1-2H3,(H2,12,16)(H,14,15). The molecule has 1 aromatic rings. The zero-order valence-corrected chi connectivity index (χ0v) is 9.99. The molecule has 0 heterocycles. The summed E-state index contributed by atoms with van der Waals surface area (Å²) in [4.78, 5) is 12.8. The van der Waals surface area contributed by atoms with Gasteiger partial charge in [0, 0.05) is 18.3 Å². The first kappa shape index (κ1) is 12.4. The van der Waals surface area contributed by atoms with Crippen LogP contribution in [-0.2, 0) is 4.79 Å². The van der Waals surface area contributed by atoms with Crippen LogP contribution in [-0.4, -0.2) is 29.2 Å². The van der Waals surface area contributed by atoms with Crippen LogP contribution < -0.4 is 10.6 Å². The molecule has 0 aliphatic heterocycles. The number of carbonyl (C=O) groups is 1. The third-order valence-electron chi connectivity index (χ3n) is 2.48. The fourth-order valence-electron chi connectivity index (χ4n) is 1.27. The normalized spacial score (nSPS) is 11.9. The number of nitrogens with zero attached hydrogens (tertiary/aromatic N) is 1. The highest BCUT2D eigenvalue weighted by Crippen LogP contribution is 2.17. The van der Waals surface area contributed by atoms with E-state index in [1.54, 1.807) is 37.1 Å². The van der Waals surface area contributed by atoms with Crippen LogP contribution in [0.4, 0.5) is 5.69 Å². The van der Waals surface area contributed by atoms with E-state index < -0.39 is 12.0 Å². The zero-order chi connectivity index (χ0) is 12.3. The Morgan fingerprint density at radius 3 is 2.69 bits per heavy atom.